The number of nitrogens with two attached hydrogens (primary N) is 1. The number of aryl methyl sites for hydroxylation is 1. The molecular formula is C23H25N3O4. The molecule has 5 N–H and O–H groups in total. The summed E-state index contributed by atoms with van der Waals surface area (Å²) in [7, 11) is 0. The van der Waals surface area contributed by atoms with E-state index < -0.39 is 11.9 Å². The van der Waals surface area contributed by atoms with Gasteiger partial charge in [0.25, 0.3) is 0 Å². The molecule has 0 amide bonds. The van der Waals surface area contributed by atoms with Gasteiger partial charge in [-0.1, -0.05) is 24.3 Å². The first-order valence-electron chi connectivity index (χ1n) is 9.99. The third-order valence-electron chi connectivity index (χ3n) is 5.57. The van der Waals surface area contributed by atoms with Crippen LogP contribution in [0.5, 0.6) is 5.75 Å². The predicted octanol–water partition coefficient (Wildman–Crippen LogP) is 3.18. The summed E-state index contributed by atoms with van der Waals surface area (Å²) in [6.07, 6.45) is 1.35. The van der Waals surface area contributed by atoms with Gasteiger partial charge < -0.3 is 25.3 Å². The van der Waals surface area contributed by atoms with E-state index in [9.17, 15) is 9.90 Å². The Hall–Kier alpha value is -3.32. The van der Waals surface area contributed by atoms with E-state index in [2.05, 4.69) is 5.32 Å². The van der Waals surface area contributed by atoms with Crippen LogP contribution < -0.4 is 15.8 Å². The topological polar surface area (TPSA) is 122 Å². The highest BCUT2D eigenvalue weighted by molar-refractivity contribution is 6.00. The van der Waals surface area contributed by atoms with Crippen LogP contribution in [0.2, 0.25) is 0 Å². The molecule has 0 aliphatic carbocycles. The molecule has 0 radical (unpaired) electrons. The molecule has 1 unspecified atom stereocenters. The first-order valence-corrected chi connectivity index (χ1v) is 9.99. The smallest absolute Gasteiger partial charge is 0.311 e. The first-order chi connectivity index (χ1) is 14.4. The highest BCUT2D eigenvalue weighted by Gasteiger charge is 2.24. The fourth-order valence-corrected chi connectivity index (χ4v) is 3.93. The zero-order chi connectivity index (χ0) is 21.3. The number of furan rings is 1. The third-order valence-corrected chi connectivity index (χ3v) is 5.57. The van der Waals surface area contributed by atoms with E-state index in [0.29, 0.717) is 22.6 Å². The molecule has 30 heavy (non-hydrogen) atoms. The van der Waals surface area contributed by atoms with Crippen molar-refractivity contribution < 1.29 is 19.1 Å². The molecule has 4 rings (SSSR count). The fourth-order valence-electron chi connectivity index (χ4n) is 3.93. The third kappa shape index (κ3) is 4.02. The van der Waals surface area contributed by atoms with Gasteiger partial charge in [-0.15, -0.1) is 0 Å². The molecule has 1 aliphatic rings. The van der Waals surface area contributed by atoms with E-state index >= 15 is 0 Å². The number of hydrogen-bond acceptors (Lipinski definition) is 5. The first kappa shape index (κ1) is 20.0. The van der Waals surface area contributed by atoms with Crippen LogP contribution in [0.1, 0.15) is 35.0 Å². The van der Waals surface area contributed by atoms with Gasteiger partial charge >= 0.3 is 5.97 Å². The van der Waals surface area contributed by atoms with Gasteiger partial charge in [-0.2, -0.15) is 0 Å². The number of nitrogen functional groups attached to an aromatic ring is 1. The van der Waals surface area contributed by atoms with E-state index in [0.717, 1.165) is 36.0 Å². The Balaban J connectivity index is 1.58. The van der Waals surface area contributed by atoms with Gasteiger partial charge in [-0.25, -0.2) is 0 Å². The predicted molar refractivity (Wildman–Crippen MR) is 114 cm³/mol. The number of amidine groups is 1. The summed E-state index contributed by atoms with van der Waals surface area (Å²) in [5.74, 6) is 0.369. The summed E-state index contributed by atoms with van der Waals surface area (Å²) in [4.78, 5) is 12.0. The number of aliphatic carboxylic acids is 1. The van der Waals surface area contributed by atoms with Crippen molar-refractivity contribution in [2.24, 2.45) is 5.73 Å². The number of fused-ring (bicyclic) bond motifs is 1. The van der Waals surface area contributed by atoms with E-state index in [1.165, 1.54) is 0 Å². The van der Waals surface area contributed by atoms with Crippen LogP contribution >= 0.6 is 0 Å². The zero-order valence-electron chi connectivity index (χ0n) is 16.8. The van der Waals surface area contributed by atoms with Crippen molar-refractivity contribution >= 4 is 22.6 Å². The maximum absolute atomic E-state index is 12.0. The van der Waals surface area contributed by atoms with Crippen LogP contribution in [-0.2, 0) is 11.2 Å². The van der Waals surface area contributed by atoms with Crippen molar-refractivity contribution in [2.75, 3.05) is 13.1 Å². The lowest BCUT2D eigenvalue weighted by Gasteiger charge is -2.15. The van der Waals surface area contributed by atoms with Gasteiger partial charge in [0, 0.05) is 29.3 Å². The summed E-state index contributed by atoms with van der Waals surface area (Å²) < 4.78 is 11.8. The molecule has 3 aromatic rings. The second-order valence-corrected chi connectivity index (χ2v) is 7.65. The Bertz CT molecular complexity index is 1080. The maximum atomic E-state index is 12.0. The van der Waals surface area contributed by atoms with Crippen LogP contribution in [0.15, 0.2) is 46.9 Å². The molecule has 2 aromatic carbocycles. The molecule has 7 heteroatoms. The molecule has 1 saturated heterocycles. The standard InChI is InChI=1S/C23H25N3O4/c1-13-19-10-15(22(24)25)4-7-18(19)21(29-13)11-20(23(27)28)14-2-5-16(6-3-14)30-17-8-9-26-12-17/h2-7,10,17,20,26H,8-9,11-12H2,1H3,(H3,24,25)(H,27,28)/t17-,20?/m0/s1. The van der Waals surface area contributed by atoms with Gasteiger partial charge in [0.1, 0.15) is 29.2 Å². The van der Waals surface area contributed by atoms with Crippen molar-refractivity contribution in [3.8, 4) is 5.75 Å². The minimum absolute atomic E-state index is 0.0156. The molecule has 156 valence electrons. The van der Waals surface area contributed by atoms with E-state index in [1.807, 2.05) is 37.3 Å². The molecule has 1 aromatic heterocycles. The van der Waals surface area contributed by atoms with Crippen molar-refractivity contribution in [1.82, 2.24) is 5.32 Å². The van der Waals surface area contributed by atoms with Gasteiger partial charge in [0.2, 0.25) is 0 Å². The van der Waals surface area contributed by atoms with Crippen molar-refractivity contribution in [3.63, 3.8) is 0 Å². The summed E-state index contributed by atoms with van der Waals surface area (Å²) in [5, 5.41) is 22.4. The molecule has 0 saturated carbocycles. The lowest BCUT2D eigenvalue weighted by Crippen LogP contribution is -2.19. The van der Waals surface area contributed by atoms with Gasteiger partial charge in [-0.3, -0.25) is 10.2 Å². The number of hydrogen-bond donors (Lipinski definition) is 4. The molecule has 0 spiro atoms. The lowest BCUT2D eigenvalue weighted by atomic mass is 9.93. The molecule has 2 atom stereocenters. The van der Waals surface area contributed by atoms with Gasteiger partial charge in [-0.05, 0) is 43.7 Å². The Morgan fingerprint density at radius 2 is 2.07 bits per heavy atom. The summed E-state index contributed by atoms with van der Waals surface area (Å²) >= 11 is 0. The van der Waals surface area contributed by atoms with E-state index in [4.69, 9.17) is 20.3 Å². The quantitative estimate of drug-likeness (QED) is 0.353. The number of rotatable bonds is 7. The second kappa shape index (κ2) is 8.20. The summed E-state index contributed by atoms with van der Waals surface area (Å²) in [6.45, 7) is 3.61. The molecule has 1 fully saturated rings. The van der Waals surface area contributed by atoms with Gasteiger partial charge in [0.05, 0.1) is 5.92 Å². The summed E-state index contributed by atoms with van der Waals surface area (Å²) in [6, 6.07) is 12.7. The van der Waals surface area contributed by atoms with E-state index in [-0.39, 0.29) is 18.4 Å². The minimum atomic E-state index is -0.911. The largest absolute Gasteiger partial charge is 0.489 e. The molecule has 2 heterocycles. The molecule has 7 nitrogen and oxygen atoms in total. The Kier molecular flexibility index (Phi) is 5.46. The summed E-state index contributed by atoms with van der Waals surface area (Å²) in [5.41, 5.74) is 6.89. The van der Waals surface area contributed by atoms with Crippen LogP contribution in [0, 0.1) is 12.3 Å². The zero-order valence-corrected chi connectivity index (χ0v) is 16.8. The number of nitrogens with one attached hydrogen (secondary N) is 2. The van der Waals surface area contributed by atoms with Crippen LogP contribution in [0.3, 0.4) is 0 Å². The average Bonchev–Trinajstić information content (AvgIpc) is 3.34. The number of carboxylic acid groups (broad SMARTS) is 1. The fraction of sp³-hybridized carbons (Fsp3) is 0.304. The highest BCUT2D eigenvalue weighted by Crippen LogP contribution is 2.32. The van der Waals surface area contributed by atoms with Crippen LogP contribution in [-0.4, -0.2) is 36.1 Å². The molecular weight excluding hydrogens is 382 g/mol. The number of carboxylic acids is 1. The minimum Gasteiger partial charge on any atom is -0.489 e. The average molecular weight is 407 g/mol. The Labute approximate surface area is 174 Å². The maximum Gasteiger partial charge on any atom is 0.311 e. The van der Waals surface area contributed by atoms with Crippen LogP contribution in [0.25, 0.3) is 10.8 Å². The number of ether oxygens (including phenoxy) is 1. The highest BCUT2D eigenvalue weighted by atomic mass is 16.5. The molecule has 0 bridgehead atoms. The number of carbonyl (C=O) groups is 1. The van der Waals surface area contributed by atoms with Crippen molar-refractivity contribution in [3.05, 3.63) is 65.1 Å². The van der Waals surface area contributed by atoms with E-state index in [1.54, 1.807) is 12.1 Å². The van der Waals surface area contributed by atoms with Gasteiger partial charge in [0.15, 0.2) is 0 Å². The Morgan fingerprint density at radius 1 is 1.30 bits per heavy atom. The van der Waals surface area contributed by atoms with Crippen molar-refractivity contribution in [2.45, 2.75) is 31.8 Å². The normalized spacial score (nSPS) is 17.2. The SMILES string of the molecule is Cc1oc(CC(C(=O)O)c2ccc(O[C@H]3CCNC3)cc2)c2ccc(C(=N)N)cc12. The number of benzene rings is 2. The lowest BCUT2D eigenvalue weighted by molar-refractivity contribution is -0.138. The van der Waals surface area contributed by atoms with Crippen LogP contribution in [0.4, 0.5) is 0 Å². The second-order valence-electron chi connectivity index (χ2n) is 7.65. The molecule has 1 aliphatic heterocycles. The monoisotopic (exact) mass is 407 g/mol. The Morgan fingerprint density at radius 3 is 2.70 bits per heavy atom. The van der Waals surface area contributed by atoms with Crippen molar-refractivity contribution in [1.29, 1.82) is 5.41 Å².